The number of unbranched alkanes of at least 4 members (excludes halogenated alkanes) is 2. The number of aryl methyl sites for hydroxylation is 2. The van der Waals surface area contributed by atoms with Crippen molar-refractivity contribution in [3.8, 4) is 0 Å². The van der Waals surface area contributed by atoms with Gasteiger partial charge in [0, 0.05) is 16.3 Å². The third kappa shape index (κ3) is 5.94. The normalized spacial score (nSPS) is 10.6. The van der Waals surface area contributed by atoms with E-state index in [4.69, 9.17) is 11.6 Å². The van der Waals surface area contributed by atoms with Crippen molar-refractivity contribution in [2.75, 3.05) is 5.32 Å². The fraction of sp³-hybridized carbons (Fsp3) is 0.200. The van der Waals surface area contributed by atoms with E-state index in [0.717, 1.165) is 48.9 Å². The van der Waals surface area contributed by atoms with Gasteiger partial charge in [-0.05, 0) is 67.1 Å². The quantitative estimate of drug-likeness (QED) is 0.401. The van der Waals surface area contributed by atoms with Crippen molar-refractivity contribution >= 4 is 29.2 Å². The van der Waals surface area contributed by atoms with Crippen molar-refractivity contribution in [1.82, 2.24) is 0 Å². The summed E-state index contributed by atoms with van der Waals surface area (Å²) in [6.07, 6.45) is 4.44. The van der Waals surface area contributed by atoms with E-state index >= 15 is 0 Å². The highest BCUT2D eigenvalue weighted by molar-refractivity contribution is 6.31. The van der Waals surface area contributed by atoms with Gasteiger partial charge in [-0.25, -0.2) is 4.79 Å². The van der Waals surface area contributed by atoms with Crippen molar-refractivity contribution in [1.29, 1.82) is 0 Å². The molecule has 0 atom stereocenters. The van der Waals surface area contributed by atoms with Gasteiger partial charge in [0.1, 0.15) is 0 Å². The largest absolute Gasteiger partial charge is 0.478 e. The molecule has 0 aromatic heterocycles. The number of halogens is 1. The van der Waals surface area contributed by atoms with E-state index in [2.05, 4.69) is 5.32 Å². The average Bonchev–Trinajstić information content (AvgIpc) is 2.74. The number of nitrogens with one attached hydrogen (secondary N) is 1. The average molecular weight is 422 g/mol. The summed E-state index contributed by atoms with van der Waals surface area (Å²) in [6, 6.07) is 21.8. The van der Waals surface area contributed by atoms with Crippen LogP contribution in [0.15, 0.2) is 72.8 Å². The van der Waals surface area contributed by atoms with Gasteiger partial charge in [0.25, 0.3) is 5.91 Å². The molecule has 2 N–H and O–H groups in total. The summed E-state index contributed by atoms with van der Waals surface area (Å²) in [6.45, 7) is 0. The van der Waals surface area contributed by atoms with Gasteiger partial charge in [-0.15, -0.1) is 0 Å². The maximum atomic E-state index is 12.5. The smallest absolute Gasteiger partial charge is 0.335 e. The van der Waals surface area contributed by atoms with Crippen LogP contribution in [-0.4, -0.2) is 17.0 Å². The van der Waals surface area contributed by atoms with E-state index in [-0.39, 0.29) is 5.91 Å². The zero-order chi connectivity index (χ0) is 21.3. The molecule has 3 aromatic carbocycles. The third-order valence-corrected chi connectivity index (χ3v) is 5.23. The first-order chi connectivity index (χ1) is 14.5. The van der Waals surface area contributed by atoms with E-state index < -0.39 is 5.97 Å². The summed E-state index contributed by atoms with van der Waals surface area (Å²) in [7, 11) is 0. The molecule has 0 spiro atoms. The zero-order valence-corrected chi connectivity index (χ0v) is 17.4. The first-order valence-electron chi connectivity index (χ1n) is 10.0. The molecule has 0 saturated heterocycles. The molecular weight excluding hydrogens is 398 g/mol. The SMILES string of the molecule is O=C(Nc1ccccc1CCCCCc1ccccc1C(=O)O)c1cccc(Cl)c1. The molecule has 0 saturated carbocycles. The number of carbonyl (C=O) groups excluding carboxylic acids is 1. The van der Waals surface area contributed by atoms with E-state index in [9.17, 15) is 14.7 Å². The highest BCUT2D eigenvalue weighted by Gasteiger charge is 2.10. The number of carboxylic acid groups (broad SMARTS) is 1. The summed E-state index contributed by atoms with van der Waals surface area (Å²) in [5.74, 6) is -1.06. The Morgan fingerprint density at radius 2 is 1.47 bits per heavy atom. The Kier molecular flexibility index (Phi) is 7.63. The summed E-state index contributed by atoms with van der Waals surface area (Å²) in [5.41, 5.74) is 3.66. The Balaban J connectivity index is 1.53. The van der Waals surface area contributed by atoms with Crippen LogP contribution in [0.5, 0.6) is 0 Å². The lowest BCUT2D eigenvalue weighted by Crippen LogP contribution is -2.13. The fourth-order valence-corrected chi connectivity index (χ4v) is 3.63. The minimum absolute atomic E-state index is 0.185. The van der Waals surface area contributed by atoms with Gasteiger partial charge >= 0.3 is 5.97 Å². The van der Waals surface area contributed by atoms with Gasteiger partial charge < -0.3 is 10.4 Å². The number of anilines is 1. The Bertz CT molecular complexity index is 1030. The fourth-order valence-electron chi connectivity index (χ4n) is 3.44. The van der Waals surface area contributed by atoms with Crippen LogP contribution in [0, 0.1) is 0 Å². The molecule has 4 nitrogen and oxygen atoms in total. The molecule has 0 aliphatic carbocycles. The van der Waals surface area contributed by atoms with Gasteiger partial charge in [-0.3, -0.25) is 4.79 Å². The van der Waals surface area contributed by atoms with Gasteiger partial charge in [0.05, 0.1) is 5.56 Å². The van der Waals surface area contributed by atoms with Crippen LogP contribution in [0.2, 0.25) is 5.02 Å². The Morgan fingerprint density at radius 1 is 0.800 bits per heavy atom. The van der Waals surface area contributed by atoms with Crippen LogP contribution in [0.1, 0.15) is 51.1 Å². The van der Waals surface area contributed by atoms with Crippen molar-refractivity contribution in [2.24, 2.45) is 0 Å². The highest BCUT2D eigenvalue weighted by Crippen LogP contribution is 2.20. The second-order valence-electron chi connectivity index (χ2n) is 7.14. The van der Waals surface area contributed by atoms with Gasteiger partial charge in [0.2, 0.25) is 0 Å². The number of benzene rings is 3. The van der Waals surface area contributed by atoms with E-state index in [0.29, 0.717) is 16.1 Å². The van der Waals surface area contributed by atoms with Crippen LogP contribution in [0.25, 0.3) is 0 Å². The molecule has 0 aliphatic rings. The lowest BCUT2D eigenvalue weighted by molar-refractivity contribution is 0.0695. The number of hydrogen-bond acceptors (Lipinski definition) is 2. The number of hydrogen-bond donors (Lipinski definition) is 2. The highest BCUT2D eigenvalue weighted by atomic mass is 35.5. The molecular formula is C25H24ClNO3. The number of amides is 1. The molecule has 0 unspecified atom stereocenters. The van der Waals surface area contributed by atoms with E-state index in [1.54, 1.807) is 36.4 Å². The number of rotatable bonds is 9. The Labute approximate surface area is 181 Å². The maximum Gasteiger partial charge on any atom is 0.335 e. The van der Waals surface area contributed by atoms with Crippen LogP contribution >= 0.6 is 11.6 Å². The van der Waals surface area contributed by atoms with Crippen molar-refractivity contribution in [3.05, 3.63) is 100 Å². The lowest BCUT2D eigenvalue weighted by Gasteiger charge is -2.11. The number of carbonyl (C=O) groups is 2. The third-order valence-electron chi connectivity index (χ3n) is 4.99. The second kappa shape index (κ2) is 10.6. The summed E-state index contributed by atoms with van der Waals surface area (Å²) in [5, 5.41) is 12.8. The molecule has 30 heavy (non-hydrogen) atoms. The monoisotopic (exact) mass is 421 g/mol. The van der Waals surface area contributed by atoms with Gasteiger partial charge in [0.15, 0.2) is 0 Å². The summed E-state index contributed by atoms with van der Waals surface area (Å²) < 4.78 is 0. The molecule has 0 bridgehead atoms. The number of carboxylic acids is 1. The molecule has 154 valence electrons. The first kappa shape index (κ1) is 21.6. The summed E-state index contributed by atoms with van der Waals surface area (Å²) in [4.78, 5) is 23.8. The van der Waals surface area contributed by atoms with Crippen molar-refractivity contribution in [3.63, 3.8) is 0 Å². The molecule has 0 aliphatic heterocycles. The molecule has 0 heterocycles. The topological polar surface area (TPSA) is 66.4 Å². The van der Waals surface area contributed by atoms with Crippen molar-refractivity contribution in [2.45, 2.75) is 32.1 Å². The number of para-hydroxylation sites is 1. The zero-order valence-electron chi connectivity index (χ0n) is 16.6. The van der Waals surface area contributed by atoms with Gasteiger partial charge in [-0.2, -0.15) is 0 Å². The standard InChI is InChI=1S/C25H24ClNO3/c26-21-14-8-13-20(17-21)24(28)27-23-16-7-5-12-19(23)11-3-1-2-9-18-10-4-6-15-22(18)25(29)30/h4-8,10,12-17H,1-3,9,11H2,(H,27,28)(H,29,30). The maximum absolute atomic E-state index is 12.5. The second-order valence-corrected chi connectivity index (χ2v) is 7.58. The molecule has 3 rings (SSSR count). The summed E-state index contributed by atoms with van der Waals surface area (Å²) >= 11 is 5.98. The Hall–Kier alpha value is -3.11. The van der Waals surface area contributed by atoms with Crippen LogP contribution < -0.4 is 5.32 Å². The predicted octanol–water partition coefficient (Wildman–Crippen LogP) is 6.25. The molecule has 1 amide bonds. The first-order valence-corrected chi connectivity index (χ1v) is 10.4. The molecule has 0 fully saturated rings. The van der Waals surface area contributed by atoms with Gasteiger partial charge in [-0.1, -0.05) is 60.5 Å². The van der Waals surface area contributed by atoms with Crippen LogP contribution in [-0.2, 0) is 12.8 Å². The van der Waals surface area contributed by atoms with E-state index in [1.165, 1.54) is 0 Å². The lowest BCUT2D eigenvalue weighted by atomic mass is 9.99. The molecule has 0 radical (unpaired) electrons. The minimum Gasteiger partial charge on any atom is -0.478 e. The Morgan fingerprint density at radius 3 is 2.20 bits per heavy atom. The molecule has 5 heteroatoms. The van der Waals surface area contributed by atoms with Crippen molar-refractivity contribution < 1.29 is 14.7 Å². The van der Waals surface area contributed by atoms with Crippen LogP contribution in [0.3, 0.4) is 0 Å². The van der Waals surface area contributed by atoms with Crippen LogP contribution in [0.4, 0.5) is 5.69 Å². The predicted molar refractivity (Wildman–Crippen MR) is 121 cm³/mol. The van der Waals surface area contributed by atoms with E-state index in [1.807, 2.05) is 36.4 Å². The minimum atomic E-state index is -0.880. The molecule has 3 aromatic rings. The number of aromatic carboxylic acids is 1.